The van der Waals surface area contributed by atoms with E-state index < -0.39 is 5.97 Å². The summed E-state index contributed by atoms with van der Waals surface area (Å²) >= 11 is 5.69. The third-order valence-corrected chi connectivity index (χ3v) is 1.87. The van der Waals surface area contributed by atoms with E-state index in [0.717, 1.165) is 0 Å². The van der Waals surface area contributed by atoms with Crippen LogP contribution < -0.4 is 0 Å². The van der Waals surface area contributed by atoms with Gasteiger partial charge in [0.05, 0.1) is 11.4 Å². The molecular weight excluding hydrogens is 192 g/mol. The van der Waals surface area contributed by atoms with Crippen molar-refractivity contribution >= 4 is 23.9 Å². The van der Waals surface area contributed by atoms with Gasteiger partial charge in [-0.1, -0.05) is 17.7 Å². The number of hydrogen-bond donors (Lipinski definition) is 1. The molecular formula is C9H7ClO3. The lowest BCUT2D eigenvalue weighted by atomic mass is 10.1. The molecule has 13 heavy (non-hydrogen) atoms. The van der Waals surface area contributed by atoms with Gasteiger partial charge in [0.1, 0.15) is 0 Å². The lowest BCUT2D eigenvalue weighted by molar-refractivity contribution is -0.136. The van der Waals surface area contributed by atoms with Crippen LogP contribution in [0.1, 0.15) is 15.9 Å². The van der Waals surface area contributed by atoms with Crippen molar-refractivity contribution in [2.24, 2.45) is 0 Å². The Morgan fingerprint density at radius 3 is 2.69 bits per heavy atom. The molecule has 0 heterocycles. The molecule has 4 heteroatoms. The van der Waals surface area contributed by atoms with Crippen LogP contribution in [0.2, 0.25) is 5.02 Å². The first-order valence-corrected chi connectivity index (χ1v) is 3.96. The summed E-state index contributed by atoms with van der Waals surface area (Å²) in [6.07, 6.45) is 0.547. The number of benzene rings is 1. The van der Waals surface area contributed by atoms with Gasteiger partial charge in [0.2, 0.25) is 0 Å². The van der Waals surface area contributed by atoms with Crippen molar-refractivity contribution in [1.82, 2.24) is 0 Å². The number of rotatable bonds is 3. The first kappa shape index (κ1) is 9.74. The summed E-state index contributed by atoms with van der Waals surface area (Å²) < 4.78 is 0. The zero-order valence-electron chi connectivity index (χ0n) is 6.66. The molecule has 68 valence electrons. The summed E-state index contributed by atoms with van der Waals surface area (Å²) in [5.41, 5.74) is 0.957. The standard InChI is InChI=1S/C9H7ClO3/c10-8-3-6(4-9(12)13)1-2-7(8)5-11/h1-3,5H,4H2,(H,12,13). The minimum absolute atomic E-state index is 0.0845. The van der Waals surface area contributed by atoms with Gasteiger partial charge in [0, 0.05) is 5.56 Å². The molecule has 0 aliphatic heterocycles. The van der Waals surface area contributed by atoms with Crippen molar-refractivity contribution < 1.29 is 14.7 Å². The summed E-state index contributed by atoms with van der Waals surface area (Å²) in [7, 11) is 0. The van der Waals surface area contributed by atoms with Crippen LogP contribution in [-0.4, -0.2) is 17.4 Å². The summed E-state index contributed by atoms with van der Waals surface area (Å²) in [6.45, 7) is 0. The molecule has 1 aromatic carbocycles. The van der Waals surface area contributed by atoms with E-state index in [4.69, 9.17) is 16.7 Å². The Morgan fingerprint density at radius 1 is 1.54 bits per heavy atom. The van der Waals surface area contributed by atoms with Gasteiger partial charge in [0.15, 0.2) is 6.29 Å². The van der Waals surface area contributed by atoms with Gasteiger partial charge in [-0.25, -0.2) is 0 Å². The van der Waals surface area contributed by atoms with E-state index in [0.29, 0.717) is 17.4 Å². The highest BCUT2D eigenvalue weighted by Gasteiger charge is 2.03. The number of aldehydes is 1. The third-order valence-electron chi connectivity index (χ3n) is 1.55. The van der Waals surface area contributed by atoms with Crippen LogP contribution in [0, 0.1) is 0 Å². The summed E-state index contributed by atoms with van der Waals surface area (Å²) in [4.78, 5) is 20.7. The van der Waals surface area contributed by atoms with Crippen LogP contribution in [0.25, 0.3) is 0 Å². The van der Waals surface area contributed by atoms with Crippen molar-refractivity contribution in [1.29, 1.82) is 0 Å². The molecule has 0 spiro atoms. The molecule has 0 fully saturated rings. The molecule has 1 N–H and O–H groups in total. The van der Waals surface area contributed by atoms with Crippen molar-refractivity contribution in [3.63, 3.8) is 0 Å². The highest BCUT2D eigenvalue weighted by Crippen LogP contribution is 2.16. The molecule has 0 unspecified atom stereocenters. The van der Waals surface area contributed by atoms with Gasteiger partial charge in [0.25, 0.3) is 0 Å². The highest BCUT2D eigenvalue weighted by molar-refractivity contribution is 6.33. The quantitative estimate of drug-likeness (QED) is 0.754. The third kappa shape index (κ3) is 2.56. The van der Waals surface area contributed by atoms with Crippen molar-refractivity contribution in [2.45, 2.75) is 6.42 Å². The normalized spacial score (nSPS) is 9.62. The van der Waals surface area contributed by atoms with Crippen molar-refractivity contribution in [3.05, 3.63) is 34.3 Å². The average molecular weight is 199 g/mol. The second-order valence-electron chi connectivity index (χ2n) is 2.54. The topological polar surface area (TPSA) is 54.4 Å². The summed E-state index contributed by atoms with van der Waals surface area (Å²) in [5, 5.41) is 8.76. The SMILES string of the molecule is O=Cc1ccc(CC(=O)O)cc1Cl. The van der Waals surface area contributed by atoms with Crippen LogP contribution in [0.3, 0.4) is 0 Å². The molecule has 0 atom stereocenters. The number of aliphatic carboxylic acids is 1. The first-order chi connectivity index (χ1) is 6.13. The molecule has 0 radical (unpaired) electrons. The van der Waals surface area contributed by atoms with E-state index >= 15 is 0 Å². The van der Waals surface area contributed by atoms with Crippen LogP contribution in [0.4, 0.5) is 0 Å². The molecule has 0 aromatic heterocycles. The maximum Gasteiger partial charge on any atom is 0.307 e. The zero-order valence-corrected chi connectivity index (χ0v) is 7.41. The predicted molar refractivity (Wildman–Crippen MR) is 48.2 cm³/mol. The fourth-order valence-electron chi connectivity index (χ4n) is 0.951. The smallest absolute Gasteiger partial charge is 0.307 e. The van der Waals surface area contributed by atoms with Crippen LogP contribution in [0.5, 0.6) is 0 Å². The van der Waals surface area contributed by atoms with Gasteiger partial charge < -0.3 is 5.11 Å². The lowest BCUT2D eigenvalue weighted by Crippen LogP contribution is -2.00. The van der Waals surface area contributed by atoms with Gasteiger partial charge in [-0.05, 0) is 17.7 Å². The number of carbonyl (C=O) groups excluding carboxylic acids is 1. The minimum Gasteiger partial charge on any atom is -0.481 e. The number of carbonyl (C=O) groups is 2. The maximum atomic E-state index is 10.4. The van der Waals surface area contributed by atoms with E-state index in [9.17, 15) is 9.59 Å². The Balaban J connectivity index is 2.95. The monoisotopic (exact) mass is 198 g/mol. The summed E-state index contributed by atoms with van der Waals surface area (Å²) in [5.74, 6) is -0.921. The molecule has 0 aliphatic rings. The van der Waals surface area contributed by atoms with Gasteiger partial charge in [-0.3, -0.25) is 9.59 Å². The predicted octanol–water partition coefficient (Wildman–Crippen LogP) is 1.78. The van der Waals surface area contributed by atoms with E-state index in [-0.39, 0.29) is 11.4 Å². The van der Waals surface area contributed by atoms with E-state index in [1.165, 1.54) is 12.1 Å². The fourth-order valence-corrected chi connectivity index (χ4v) is 1.20. The van der Waals surface area contributed by atoms with E-state index in [2.05, 4.69) is 0 Å². The van der Waals surface area contributed by atoms with Gasteiger partial charge in [-0.15, -0.1) is 0 Å². The number of halogens is 1. The molecule has 1 aromatic rings. The second kappa shape index (κ2) is 4.05. The second-order valence-corrected chi connectivity index (χ2v) is 2.95. The fraction of sp³-hybridized carbons (Fsp3) is 0.111. The van der Waals surface area contributed by atoms with E-state index in [1.807, 2.05) is 0 Å². The Bertz CT molecular complexity index is 347. The maximum absolute atomic E-state index is 10.4. The molecule has 0 amide bonds. The minimum atomic E-state index is -0.921. The van der Waals surface area contributed by atoms with Crippen LogP contribution in [-0.2, 0) is 11.2 Å². The number of carboxylic acids is 1. The van der Waals surface area contributed by atoms with Crippen molar-refractivity contribution in [2.75, 3.05) is 0 Å². The molecule has 0 aliphatic carbocycles. The van der Waals surface area contributed by atoms with E-state index in [1.54, 1.807) is 6.07 Å². The number of hydrogen-bond acceptors (Lipinski definition) is 2. The largest absolute Gasteiger partial charge is 0.481 e. The Kier molecular flexibility index (Phi) is 3.03. The molecule has 0 saturated carbocycles. The number of carboxylic acid groups (broad SMARTS) is 1. The average Bonchev–Trinajstić information content (AvgIpc) is 2.03. The molecule has 1 rings (SSSR count). The lowest BCUT2D eigenvalue weighted by Gasteiger charge is -1.99. The van der Waals surface area contributed by atoms with Gasteiger partial charge in [-0.2, -0.15) is 0 Å². The van der Waals surface area contributed by atoms with Crippen molar-refractivity contribution in [3.8, 4) is 0 Å². The molecule has 0 bridgehead atoms. The highest BCUT2D eigenvalue weighted by atomic mass is 35.5. The zero-order chi connectivity index (χ0) is 9.84. The van der Waals surface area contributed by atoms with Gasteiger partial charge >= 0.3 is 5.97 Å². The molecule has 0 saturated heterocycles. The molecule has 3 nitrogen and oxygen atoms in total. The Morgan fingerprint density at radius 2 is 2.23 bits per heavy atom. The Hall–Kier alpha value is -1.35. The Labute approximate surface area is 79.9 Å². The van der Waals surface area contributed by atoms with Crippen LogP contribution in [0.15, 0.2) is 18.2 Å². The first-order valence-electron chi connectivity index (χ1n) is 3.59. The summed E-state index contributed by atoms with van der Waals surface area (Å²) in [6, 6.07) is 4.57. The van der Waals surface area contributed by atoms with Crippen LogP contribution >= 0.6 is 11.6 Å².